The molecule has 2 aliphatic rings. The summed E-state index contributed by atoms with van der Waals surface area (Å²) < 4.78 is 0. The molecule has 0 bridgehead atoms. The topological polar surface area (TPSA) is 86.9 Å². The largest absolute Gasteiger partial charge is 0.481 e. The summed E-state index contributed by atoms with van der Waals surface area (Å²) >= 11 is 0. The van der Waals surface area contributed by atoms with Crippen LogP contribution in [0.3, 0.4) is 0 Å². The molecule has 1 aromatic rings. The second-order valence-electron chi connectivity index (χ2n) is 7.07. The maximum Gasteiger partial charge on any atom is 0.311 e. The number of piperidine rings is 2. The van der Waals surface area contributed by atoms with Crippen molar-refractivity contribution in [1.29, 1.82) is 0 Å². The SMILES string of the molecule is CN1CCC[C@]2(C(=O)O)CCN(C(=O)Cc3ccc(N)cc3)C[C@@H]12. The Morgan fingerprint density at radius 3 is 2.62 bits per heavy atom. The van der Waals surface area contributed by atoms with Crippen molar-refractivity contribution in [1.82, 2.24) is 9.80 Å². The van der Waals surface area contributed by atoms with Crippen LogP contribution in [0, 0.1) is 5.41 Å². The third kappa shape index (κ3) is 2.98. The van der Waals surface area contributed by atoms with Crippen molar-refractivity contribution in [3.05, 3.63) is 29.8 Å². The van der Waals surface area contributed by atoms with Gasteiger partial charge in [0.2, 0.25) is 5.91 Å². The summed E-state index contributed by atoms with van der Waals surface area (Å²) in [6.07, 6.45) is 2.47. The molecule has 0 unspecified atom stereocenters. The van der Waals surface area contributed by atoms with Gasteiger partial charge in [-0.2, -0.15) is 0 Å². The summed E-state index contributed by atoms with van der Waals surface area (Å²) in [5.41, 5.74) is 6.58. The highest BCUT2D eigenvalue weighted by molar-refractivity contribution is 5.81. The predicted molar refractivity (Wildman–Crippen MR) is 91.5 cm³/mol. The first-order valence-corrected chi connectivity index (χ1v) is 8.48. The lowest BCUT2D eigenvalue weighted by molar-refractivity contribution is -0.165. The number of rotatable bonds is 3. The lowest BCUT2D eigenvalue weighted by Crippen LogP contribution is -2.63. The molecule has 2 aliphatic heterocycles. The van der Waals surface area contributed by atoms with Gasteiger partial charge in [0.15, 0.2) is 0 Å². The molecule has 130 valence electrons. The van der Waals surface area contributed by atoms with Crippen molar-refractivity contribution in [2.75, 3.05) is 32.4 Å². The predicted octanol–water partition coefficient (Wildman–Crippen LogP) is 1.21. The fourth-order valence-corrected chi connectivity index (χ4v) is 4.13. The van der Waals surface area contributed by atoms with E-state index in [1.54, 1.807) is 12.1 Å². The van der Waals surface area contributed by atoms with Gasteiger partial charge in [-0.05, 0) is 50.6 Å². The Morgan fingerprint density at radius 1 is 1.25 bits per heavy atom. The Bertz CT molecular complexity index is 631. The first-order valence-electron chi connectivity index (χ1n) is 8.48. The molecular formula is C18H25N3O3. The van der Waals surface area contributed by atoms with Crippen LogP contribution in [0.2, 0.25) is 0 Å². The van der Waals surface area contributed by atoms with Gasteiger partial charge in [0.1, 0.15) is 0 Å². The van der Waals surface area contributed by atoms with Crippen LogP contribution < -0.4 is 5.73 Å². The molecule has 1 aromatic carbocycles. The first-order chi connectivity index (χ1) is 11.4. The number of aliphatic carboxylic acids is 1. The summed E-state index contributed by atoms with van der Waals surface area (Å²) in [5.74, 6) is -0.664. The van der Waals surface area contributed by atoms with Crippen molar-refractivity contribution in [3.63, 3.8) is 0 Å². The van der Waals surface area contributed by atoms with Crippen molar-refractivity contribution < 1.29 is 14.7 Å². The average Bonchev–Trinajstić information content (AvgIpc) is 2.56. The molecule has 2 atom stereocenters. The molecule has 6 heteroatoms. The van der Waals surface area contributed by atoms with E-state index >= 15 is 0 Å². The Kier molecular flexibility index (Phi) is 4.49. The molecule has 1 amide bonds. The lowest BCUT2D eigenvalue weighted by atomic mass is 9.68. The number of nitrogens with zero attached hydrogens (tertiary/aromatic N) is 2. The van der Waals surface area contributed by atoms with E-state index in [9.17, 15) is 14.7 Å². The second kappa shape index (κ2) is 6.43. The zero-order valence-electron chi connectivity index (χ0n) is 14.1. The highest BCUT2D eigenvalue weighted by atomic mass is 16.4. The minimum Gasteiger partial charge on any atom is -0.481 e. The van der Waals surface area contributed by atoms with Crippen LogP contribution >= 0.6 is 0 Å². The Morgan fingerprint density at radius 2 is 1.96 bits per heavy atom. The van der Waals surface area contributed by atoms with Gasteiger partial charge in [-0.15, -0.1) is 0 Å². The molecule has 24 heavy (non-hydrogen) atoms. The van der Waals surface area contributed by atoms with E-state index in [0.717, 1.165) is 18.5 Å². The first kappa shape index (κ1) is 16.8. The number of nitrogen functional groups attached to an aromatic ring is 1. The number of benzene rings is 1. The maximum absolute atomic E-state index is 12.6. The number of amides is 1. The van der Waals surface area contributed by atoms with Crippen molar-refractivity contribution in [2.24, 2.45) is 5.41 Å². The molecule has 0 aromatic heterocycles. The highest BCUT2D eigenvalue weighted by Gasteiger charge is 2.52. The fraction of sp³-hybridized carbons (Fsp3) is 0.556. The zero-order valence-corrected chi connectivity index (χ0v) is 14.1. The summed E-state index contributed by atoms with van der Waals surface area (Å²) in [6.45, 7) is 1.90. The Labute approximate surface area is 142 Å². The van der Waals surface area contributed by atoms with Crippen LogP contribution in [0.4, 0.5) is 5.69 Å². The van der Waals surface area contributed by atoms with E-state index < -0.39 is 11.4 Å². The van der Waals surface area contributed by atoms with Gasteiger partial charge < -0.3 is 20.6 Å². The van der Waals surface area contributed by atoms with Crippen LogP contribution in [0.25, 0.3) is 0 Å². The highest BCUT2D eigenvalue weighted by Crippen LogP contribution is 2.42. The number of likely N-dealkylation sites (N-methyl/N-ethyl adjacent to an activating group) is 1. The van der Waals surface area contributed by atoms with Crippen molar-refractivity contribution >= 4 is 17.6 Å². The van der Waals surface area contributed by atoms with Crippen LogP contribution in [0.5, 0.6) is 0 Å². The van der Waals surface area contributed by atoms with E-state index in [4.69, 9.17) is 5.73 Å². The summed E-state index contributed by atoms with van der Waals surface area (Å²) in [5, 5.41) is 9.79. The number of carbonyl (C=O) groups is 2. The summed E-state index contributed by atoms with van der Waals surface area (Å²) in [4.78, 5) is 28.5. The third-order valence-electron chi connectivity index (χ3n) is 5.64. The molecule has 3 rings (SSSR count). The third-order valence-corrected chi connectivity index (χ3v) is 5.64. The van der Waals surface area contributed by atoms with Gasteiger partial charge in [0.25, 0.3) is 0 Å². The molecule has 2 saturated heterocycles. The van der Waals surface area contributed by atoms with E-state index in [1.807, 2.05) is 24.1 Å². The van der Waals surface area contributed by atoms with Crippen molar-refractivity contribution in [3.8, 4) is 0 Å². The van der Waals surface area contributed by atoms with E-state index in [0.29, 0.717) is 38.0 Å². The minimum atomic E-state index is -0.718. The monoisotopic (exact) mass is 331 g/mol. The standard InChI is InChI=1S/C18H25N3O3/c1-20-9-2-7-18(17(23)24)8-10-21(12-15(18)20)16(22)11-13-3-5-14(19)6-4-13/h3-6,15H,2,7-12,19H2,1H3,(H,23,24)/t15-,18+/m1/s1. The number of hydrogen-bond donors (Lipinski definition) is 2. The molecular weight excluding hydrogens is 306 g/mol. The fourth-order valence-electron chi connectivity index (χ4n) is 4.13. The van der Waals surface area contributed by atoms with Crippen LogP contribution in [0.1, 0.15) is 24.8 Å². The van der Waals surface area contributed by atoms with Crippen molar-refractivity contribution in [2.45, 2.75) is 31.7 Å². The van der Waals surface area contributed by atoms with E-state index in [2.05, 4.69) is 4.90 Å². The quantitative estimate of drug-likeness (QED) is 0.813. The van der Waals surface area contributed by atoms with Crippen LogP contribution in [-0.2, 0) is 16.0 Å². The van der Waals surface area contributed by atoms with Gasteiger partial charge in [-0.25, -0.2) is 0 Å². The summed E-state index contributed by atoms with van der Waals surface area (Å²) in [6, 6.07) is 7.22. The van der Waals surface area contributed by atoms with Gasteiger partial charge in [0, 0.05) is 24.8 Å². The van der Waals surface area contributed by atoms with Crippen LogP contribution in [0.15, 0.2) is 24.3 Å². The van der Waals surface area contributed by atoms with E-state index in [1.165, 1.54) is 0 Å². The van der Waals surface area contributed by atoms with Gasteiger partial charge in [0.05, 0.1) is 11.8 Å². The Hall–Kier alpha value is -2.08. The van der Waals surface area contributed by atoms with E-state index in [-0.39, 0.29) is 11.9 Å². The molecule has 0 radical (unpaired) electrons. The number of carboxylic acid groups (broad SMARTS) is 1. The molecule has 3 N–H and O–H groups in total. The van der Waals surface area contributed by atoms with Gasteiger partial charge in [-0.3, -0.25) is 9.59 Å². The molecule has 6 nitrogen and oxygen atoms in total. The van der Waals surface area contributed by atoms with Gasteiger partial charge in [-0.1, -0.05) is 12.1 Å². The lowest BCUT2D eigenvalue weighted by Gasteiger charge is -2.51. The number of anilines is 1. The molecule has 2 heterocycles. The van der Waals surface area contributed by atoms with Crippen LogP contribution in [-0.4, -0.2) is 59.5 Å². The number of nitrogens with two attached hydrogens (primary N) is 1. The Balaban J connectivity index is 1.71. The molecule has 2 fully saturated rings. The maximum atomic E-state index is 12.6. The number of hydrogen-bond acceptors (Lipinski definition) is 4. The molecule has 0 aliphatic carbocycles. The average molecular weight is 331 g/mol. The normalized spacial score (nSPS) is 27.5. The zero-order chi connectivity index (χ0) is 17.3. The molecule has 0 spiro atoms. The minimum absolute atomic E-state index is 0.0535. The number of likely N-dealkylation sites (tertiary alicyclic amines) is 2. The molecule has 0 saturated carbocycles. The summed E-state index contributed by atoms with van der Waals surface area (Å²) in [7, 11) is 1.97. The second-order valence-corrected chi connectivity index (χ2v) is 7.07. The smallest absolute Gasteiger partial charge is 0.311 e. The number of fused-ring (bicyclic) bond motifs is 1. The number of carbonyl (C=O) groups excluding carboxylic acids is 1. The van der Waals surface area contributed by atoms with Gasteiger partial charge >= 0.3 is 5.97 Å². The number of carboxylic acids is 1.